The summed E-state index contributed by atoms with van der Waals surface area (Å²) in [5.74, 6) is 0.608. The van der Waals surface area contributed by atoms with E-state index < -0.39 is 0 Å². The predicted octanol–water partition coefficient (Wildman–Crippen LogP) is 0.885. The minimum atomic E-state index is -0.0723. The van der Waals surface area contributed by atoms with Gasteiger partial charge in [-0.25, -0.2) is 0 Å². The van der Waals surface area contributed by atoms with Gasteiger partial charge >= 0.3 is 0 Å². The standard InChI is InChI=1S/C14H20N2O3/c1-2-18-13-6-4-3-5-12(13)14(17)16-7-8-19-11(9-15)10-16/h3-6,11H,2,7-10,15H2,1H3. The molecule has 0 radical (unpaired) electrons. The number of benzene rings is 1. The molecule has 1 aliphatic rings. The molecular formula is C14H20N2O3. The number of hydrogen-bond donors (Lipinski definition) is 1. The largest absolute Gasteiger partial charge is 0.493 e. The van der Waals surface area contributed by atoms with Crippen molar-refractivity contribution >= 4 is 5.91 Å². The van der Waals surface area contributed by atoms with Crippen molar-refractivity contribution in [3.05, 3.63) is 29.8 Å². The molecule has 19 heavy (non-hydrogen) atoms. The van der Waals surface area contributed by atoms with Crippen molar-refractivity contribution in [1.82, 2.24) is 4.90 Å². The highest BCUT2D eigenvalue weighted by Crippen LogP contribution is 2.21. The first-order valence-corrected chi connectivity index (χ1v) is 6.59. The van der Waals surface area contributed by atoms with Crippen molar-refractivity contribution < 1.29 is 14.3 Å². The van der Waals surface area contributed by atoms with Gasteiger partial charge in [-0.05, 0) is 19.1 Å². The third-order valence-corrected chi connectivity index (χ3v) is 3.11. The van der Waals surface area contributed by atoms with E-state index in [4.69, 9.17) is 15.2 Å². The first-order valence-electron chi connectivity index (χ1n) is 6.59. The SMILES string of the molecule is CCOc1ccccc1C(=O)N1CCOC(CN)C1. The molecule has 0 saturated carbocycles. The fraction of sp³-hybridized carbons (Fsp3) is 0.500. The summed E-state index contributed by atoms with van der Waals surface area (Å²) in [6.45, 7) is 4.53. The van der Waals surface area contributed by atoms with Crippen LogP contribution in [0.2, 0.25) is 0 Å². The van der Waals surface area contributed by atoms with Crippen LogP contribution in [0.5, 0.6) is 5.75 Å². The van der Waals surface area contributed by atoms with Crippen LogP contribution in [0, 0.1) is 0 Å². The van der Waals surface area contributed by atoms with E-state index in [1.54, 1.807) is 11.0 Å². The van der Waals surface area contributed by atoms with Gasteiger partial charge in [0.1, 0.15) is 5.75 Å². The molecule has 0 aromatic heterocycles. The van der Waals surface area contributed by atoms with Gasteiger partial charge in [0.25, 0.3) is 5.91 Å². The summed E-state index contributed by atoms with van der Waals surface area (Å²) in [4.78, 5) is 14.3. The molecule has 2 N–H and O–H groups in total. The highest BCUT2D eigenvalue weighted by Gasteiger charge is 2.25. The van der Waals surface area contributed by atoms with Crippen molar-refractivity contribution in [1.29, 1.82) is 0 Å². The van der Waals surface area contributed by atoms with Crippen molar-refractivity contribution in [2.75, 3.05) is 32.8 Å². The zero-order valence-electron chi connectivity index (χ0n) is 11.2. The van der Waals surface area contributed by atoms with Gasteiger partial charge in [0.2, 0.25) is 0 Å². The van der Waals surface area contributed by atoms with Gasteiger partial charge in [-0.1, -0.05) is 12.1 Å². The highest BCUT2D eigenvalue weighted by atomic mass is 16.5. The third kappa shape index (κ3) is 3.24. The fourth-order valence-electron chi connectivity index (χ4n) is 2.14. The van der Waals surface area contributed by atoms with Crippen molar-refractivity contribution in [2.24, 2.45) is 5.73 Å². The quantitative estimate of drug-likeness (QED) is 0.877. The number of para-hydroxylation sites is 1. The van der Waals surface area contributed by atoms with Crippen molar-refractivity contribution in [3.8, 4) is 5.75 Å². The first-order chi connectivity index (χ1) is 9.26. The zero-order valence-corrected chi connectivity index (χ0v) is 11.2. The normalized spacial score (nSPS) is 19.3. The molecule has 1 aliphatic heterocycles. The van der Waals surface area contributed by atoms with Crippen LogP contribution in [0.25, 0.3) is 0 Å². The third-order valence-electron chi connectivity index (χ3n) is 3.11. The van der Waals surface area contributed by atoms with Crippen LogP contribution in [0.3, 0.4) is 0 Å². The smallest absolute Gasteiger partial charge is 0.257 e. The summed E-state index contributed by atoms with van der Waals surface area (Å²) >= 11 is 0. The van der Waals surface area contributed by atoms with Crippen LogP contribution in [0.4, 0.5) is 0 Å². The van der Waals surface area contributed by atoms with E-state index in [0.29, 0.717) is 44.2 Å². The average Bonchev–Trinajstić information content (AvgIpc) is 2.47. The summed E-state index contributed by atoms with van der Waals surface area (Å²) in [6.07, 6.45) is -0.0723. The Hall–Kier alpha value is -1.59. The predicted molar refractivity (Wildman–Crippen MR) is 72.3 cm³/mol. The fourth-order valence-corrected chi connectivity index (χ4v) is 2.14. The molecule has 2 rings (SSSR count). The Morgan fingerprint density at radius 3 is 3.05 bits per heavy atom. The van der Waals surface area contributed by atoms with Gasteiger partial charge in [-0.15, -0.1) is 0 Å². The van der Waals surface area contributed by atoms with Crippen LogP contribution < -0.4 is 10.5 Å². The average molecular weight is 264 g/mol. The van der Waals surface area contributed by atoms with Crippen LogP contribution in [0.15, 0.2) is 24.3 Å². The van der Waals surface area contributed by atoms with Crippen LogP contribution in [0.1, 0.15) is 17.3 Å². The Morgan fingerprint density at radius 2 is 2.32 bits per heavy atom. The molecule has 1 aromatic rings. The molecule has 104 valence electrons. The lowest BCUT2D eigenvalue weighted by Crippen LogP contribution is -2.48. The lowest BCUT2D eigenvalue weighted by molar-refractivity contribution is -0.0168. The van der Waals surface area contributed by atoms with Gasteiger partial charge in [-0.3, -0.25) is 4.79 Å². The number of carbonyl (C=O) groups is 1. The summed E-state index contributed by atoms with van der Waals surface area (Å²) in [5, 5.41) is 0. The second-order valence-electron chi connectivity index (χ2n) is 4.41. The Kier molecular flexibility index (Phi) is 4.76. The van der Waals surface area contributed by atoms with Gasteiger partial charge in [0.05, 0.1) is 24.9 Å². The number of nitrogens with two attached hydrogens (primary N) is 1. The van der Waals surface area contributed by atoms with Crippen molar-refractivity contribution in [2.45, 2.75) is 13.0 Å². The number of morpholine rings is 1. The van der Waals surface area contributed by atoms with E-state index in [0.717, 1.165) is 0 Å². The van der Waals surface area contributed by atoms with E-state index in [1.807, 2.05) is 25.1 Å². The maximum atomic E-state index is 12.5. The van der Waals surface area contributed by atoms with E-state index in [1.165, 1.54) is 0 Å². The molecule has 1 unspecified atom stereocenters. The van der Waals surface area contributed by atoms with Crippen LogP contribution >= 0.6 is 0 Å². The second kappa shape index (κ2) is 6.54. The number of carbonyl (C=O) groups excluding carboxylic acids is 1. The molecule has 0 spiro atoms. The van der Waals surface area contributed by atoms with E-state index in [2.05, 4.69) is 0 Å². The van der Waals surface area contributed by atoms with Crippen molar-refractivity contribution in [3.63, 3.8) is 0 Å². The molecule has 0 aliphatic carbocycles. The molecule has 1 atom stereocenters. The molecule has 0 bridgehead atoms. The summed E-state index contributed by atoms with van der Waals surface area (Å²) in [6, 6.07) is 7.32. The maximum absolute atomic E-state index is 12.5. The molecule has 1 fully saturated rings. The Balaban J connectivity index is 2.14. The molecule has 1 saturated heterocycles. The number of rotatable bonds is 4. The van der Waals surface area contributed by atoms with Gasteiger partial charge < -0.3 is 20.1 Å². The lowest BCUT2D eigenvalue weighted by atomic mass is 10.1. The molecule has 1 heterocycles. The molecular weight excluding hydrogens is 244 g/mol. The lowest BCUT2D eigenvalue weighted by Gasteiger charge is -2.32. The minimum absolute atomic E-state index is 0.0224. The Morgan fingerprint density at radius 1 is 1.53 bits per heavy atom. The topological polar surface area (TPSA) is 64.8 Å². The van der Waals surface area contributed by atoms with E-state index in [-0.39, 0.29) is 12.0 Å². The number of amides is 1. The number of nitrogens with zero attached hydrogens (tertiary/aromatic N) is 1. The van der Waals surface area contributed by atoms with Gasteiger partial charge in [0.15, 0.2) is 0 Å². The van der Waals surface area contributed by atoms with Gasteiger partial charge in [0, 0.05) is 19.6 Å². The first kappa shape index (κ1) is 13.8. The van der Waals surface area contributed by atoms with Crippen LogP contribution in [-0.2, 0) is 4.74 Å². The van der Waals surface area contributed by atoms with Crippen LogP contribution in [-0.4, -0.2) is 49.8 Å². The zero-order chi connectivity index (χ0) is 13.7. The highest BCUT2D eigenvalue weighted by molar-refractivity contribution is 5.97. The maximum Gasteiger partial charge on any atom is 0.257 e. The number of hydrogen-bond acceptors (Lipinski definition) is 4. The molecule has 5 nitrogen and oxygen atoms in total. The molecule has 1 amide bonds. The van der Waals surface area contributed by atoms with E-state index in [9.17, 15) is 4.79 Å². The molecule has 1 aromatic carbocycles. The second-order valence-corrected chi connectivity index (χ2v) is 4.41. The Labute approximate surface area is 113 Å². The summed E-state index contributed by atoms with van der Waals surface area (Å²) in [7, 11) is 0. The van der Waals surface area contributed by atoms with Gasteiger partial charge in [-0.2, -0.15) is 0 Å². The summed E-state index contributed by atoms with van der Waals surface area (Å²) in [5.41, 5.74) is 6.19. The summed E-state index contributed by atoms with van der Waals surface area (Å²) < 4.78 is 11.0. The van der Waals surface area contributed by atoms with E-state index >= 15 is 0 Å². The molecule has 5 heteroatoms. The monoisotopic (exact) mass is 264 g/mol. The Bertz CT molecular complexity index is 436. The minimum Gasteiger partial charge on any atom is -0.493 e. The number of ether oxygens (including phenoxy) is 2.